The van der Waals surface area contributed by atoms with E-state index in [0.717, 1.165) is 48.4 Å². The van der Waals surface area contributed by atoms with E-state index in [4.69, 9.17) is 14.2 Å². The second-order valence-corrected chi connectivity index (χ2v) is 17.9. The van der Waals surface area contributed by atoms with Crippen LogP contribution in [0.4, 0.5) is 23.7 Å². The van der Waals surface area contributed by atoms with E-state index in [1.54, 1.807) is 23.5 Å². The molecule has 2 aromatic heterocycles. The van der Waals surface area contributed by atoms with Crippen molar-refractivity contribution in [3.63, 3.8) is 0 Å². The lowest BCUT2D eigenvalue weighted by Gasteiger charge is -2.44. The largest absolute Gasteiger partial charge is 0.449 e. The first-order valence-corrected chi connectivity index (χ1v) is 18.1. The number of nitrogens with zero attached hydrogens (tertiary/aromatic N) is 4. The fourth-order valence-corrected chi connectivity index (χ4v) is 6.19. The molecule has 0 unspecified atom stereocenters. The minimum absolute atomic E-state index is 0.0558. The molecule has 14 heteroatoms. The van der Waals surface area contributed by atoms with Crippen molar-refractivity contribution >= 4 is 36.8 Å². The van der Waals surface area contributed by atoms with Gasteiger partial charge in [-0.1, -0.05) is 19.6 Å². The van der Waals surface area contributed by atoms with Crippen molar-refractivity contribution in [1.29, 1.82) is 0 Å². The number of amides is 2. The number of alkyl carbamates (subject to hydrolysis) is 1. The van der Waals surface area contributed by atoms with Crippen LogP contribution in [0.1, 0.15) is 36.0 Å². The van der Waals surface area contributed by atoms with E-state index in [1.165, 1.54) is 0 Å². The van der Waals surface area contributed by atoms with Gasteiger partial charge in [0.2, 0.25) is 0 Å². The summed E-state index contributed by atoms with van der Waals surface area (Å²) in [6, 6.07) is 3.19. The van der Waals surface area contributed by atoms with Crippen molar-refractivity contribution in [3.05, 3.63) is 24.0 Å². The molecule has 2 amide bonds. The van der Waals surface area contributed by atoms with Crippen molar-refractivity contribution in [3.8, 4) is 0 Å². The number of carbonyl (C=O) groups is 2. The van der Waals surface area contributed by atoms with Crippen molar-refractivity contribution in [2.24, 2.45) is 5.92 Å². The van der Waals surface area contributed by atoms with Gasteiger partial charge in [0.1, 0.15) is 18.9 Å². The summed E-state index contributed by atoms with van der Waals surface area (Å²) in [6.07, 6.45) is 1.12. The van der Waals surface area contributed by atoms with Crippen LogP contribution in [0, 0.1) is 5.92 Å². The SMILES string of the molecule is COCCN1CN(C2CCC(COC(=O)NCC(F)(F)F)CC2)c2c(cnc3c2ccn3COCC[Si](C)(C)C)C1=O. The molecule has 0 radical (unpaired) electrons. The molecular formula is C28H42F3N5O5Si. The van der Waals surface area contributed by atoms with Crippen molar-refractivity contribution in [2.75, 3.05) is 51.6 Å². The summed E-state index contributed by atoms with van der Waals surface area (Å²) >= 11 is 0. The molecule has 4 rings (SSSR count). The van der Waals surface area contributed by atoms with Crippen LogP contribution in [0.2, 0.25) is 25.7 Å². The highest BCUT2D eigenvalue weighted by Gasteiger charge is 2.37. The summed E-state index contributed by atoms with van der Waals surface area (Å²) < 4.78 is 55.3. The average molecular weight is 614 g/mol. The molecule has 0 aromatic carbocycles. The van der Waals surface area contributed by atoms with Gasteiger partial charge in [0.25, 0.3) is 5.91 Å². The van der Waals surface area contributed by atoms with Gasteiger partial charge in [-0.25, -0.2) is 9.78 Å². The summed E-state index contributed by atoms with van der Waals surface area (Å²) in [5, 5.41) is 2.64. The number of pyridine rings is 1. The number of rotatable bonds is 12. The first-order valence-electron chi connectivity index (χ1n) is 14.4. The topological polar surface area (TPSA) is 98.2 Å². The lowest BCUT2D eigenvalue weighted by atomic mass is 9.85. The van der Waals surface area contributed by atoms with E-state index in [1.807, 2.05) is 16.8 Å². The Kier molecular flexibility index (Phi) is 10.4. The van der Waals surface area contributed by atoms with Gasteiger partial charge in [-0.2, -0.15) is 13.2 Å². The number of hydrogen-bond acceptors (Lipinski definition) is 7. The Morgan fingerprint density at radius 2 is 1.90 bits per heavy atom. The Bertz CT molecular complexity index is 1230. The van der Waals surface area contributed by atoms with Crippen molar-refractivity contribution in [2.45, 2.75) is 70.3 Å². The molecule has 3 heterocycles. The maximum absolute atomic E-state index is 13.5. The van der Waals surface area contributed by atoms with Crippen LogP contribution >= 0.6 is 0 Å². The fourth-order valence-electron chi connectivity index (χ4n) is 5.44. The van der Waals surface area contributed by atoms with Crippen LogP contribution in [-0.2, 0) is 20.9 Å². The maximum Gasteiger partial charge on any atom is 0.407 e. The fraction of sp³-hybridized carbons (Fsp3) is 0.679. The van der Waals surface area contributed by atoms with Crippen LogP contribution < -0.4 is 10.2 Å². The second kappa shape index (κ2) is 13.6. The minimum atomic E-state index is -4.48. The first kappa shape index (κ1) is 32.1. The molecule has 1 fully saturated rings. The molecule has 0 saturated heterocycles. The summed E-state index contributed by atoms with van der Waals surface area (Å²) in [7, 11) is 0.396. The number of nitrogens with one attached hydrogen (secondary N) is 1. The Hall–Kier alpha value is -2.84. The molecule has 0 spiro atoms. The maximum atomic E-state index is 13.5. The molecule has 0 atom stereocenters. The molecule has 1 aliphatic heterocycles. The second-order valence-electron chi connectivity index (χ2n) is 12.3. The lowest BCUT2D eigenvalue weighted by molar-refractivity contribution is -0.123. The molecule has 0 bridgehead atoms. The quantitative estimate of drug-likeness (QED) is 0.264. The van der Waals surface area contributed by atoms with Crippen LogP contribution in [0.5, 0.6) is 0 Å². The molecule has 2 aromatic rings. The van der Waals surface area contributed by atoms with E-state index < -0.39 is 26.9 Å². The molecule has 234 valence electrons. The molecule has 1 N–H and O–H groups in total. The van der Waals surface area contributed by atoms with Crippen LogP contribution in [0.3, 0.4) is 0 Å². The summed E-state index contributed by atoms with van der Waals surface area (Å²) in [5.74, 6) is -0.0287. The summed E-state index contributed by atoms with van der Waals surface area (Å²) in [4.78, 5) is 33.9. The van der Waals surface area contributed by atoms with E-state index in [-0.39, 0.29) is 24.5 Å². The number of methoxy groups -OCH3 is 1. The third kappa shape index (κ3) is 8.38. The van der Waals surface area contributed by atoms with Gasteiger partial charge in [0.05, 0.1) is 31.1 Å². The zero-order valence-corrected chi connectivity index (χ0v) is 25.8. The molecule has 42 heavy (non-hydrogen) atoms. The highest BCUT2D eigenvalue weighted by Crippen LogP contribution is 2.39. The van der Waals surface area contributed by atoms with Gasteiger partial charge in [-0.05, 0) is 43.7 Å². The Labute approximate surface area is 245 Å². The highest BCUT2D eigenvalue weighted by molar-refractivity contribution is 6.76. The van der Waals surface area contributed by atoms with Gasteiger partial charge in [-0.15, -0.1) is 0 Å². The van der Waals surface area contributed by atoms with E-state index in [0.29, 0.717) is 38.7 Å². The number of carbonyl (C=O) groups excluding carboxylic acids is 2. The smallest absolute Gasteiger partial charge is 0.407 e. The number of halogens is 3. The monoisotopic (exact) mass is 613 g/mol. The van der Waals surface area contributed by atoms with Gasteiger partial charge < -0.3 is 33.9 Å². The highest BCUT2D eigenvalue weighted by atomic mass is 28.3. The van der Waals surface area contributed by atoms with Gasteiger partial charge in [-0.3, -0.25) is 4.79 Å². The minimum Gasteiger partial charge on any atom is -0.449 e. The predicted octanol–water partition coefficient (Wildman–Crippen LogP) is 5.06. The Balaban J connectivity index is 1.47. The van der Waals surface area contributed by atoms with Gasteiger partial charge in [0, 0.05) is 52.2 Å². The zero-order chi connectivity index (χ0) is 30.5. The Morgan fingerprint density at radius 1 is 1.17 bits per heavy atom. The molecule has 1 aliphatic carbocycles. The standard InChI is InChI=1S/C28H42F3N5O5Si/c1-39-12-11-34-18-36(21-7-5-20(6-8-21)16-41-27(38)33-17-28(29,30)31)24-22-9-10-35(19-40-13-14-42(2,3)4)25(22)32-15-23(24)26(34)37/h9-10,15,20-21H,5-8,11-14,16-19H2,1-4H3,(H,33,38). The first-order chi connectivity index (χ1) is 19.9. The van der Waals surface area contributed by atoms with Gasteiger partial charge in [0.15, 0.2) is 0 Å². The van der Waals surface area contributed by atoms with E-state index in [9.17, 15) is 22.8 Å². The van der Waals surface area contributed by atoms with Crippen molar-refractivity contribution < 1.29 is 37.0 Å². The summed E-state index contributed by atoms with van der Waals surface area (Å²) in [5.41, 5.74) is 2.18. The molecule has 2 aliphatic rings. The van der Waals surface area contributed by atoms with Crippen molar-refractivity contribution in [1.82, 2.24) is 19.8 Å². The molecule has 1 saturated carbocycles. The predicted molar refractivity (Wildman–Crippen MR) is 155 cm³/mol. The number of anilines is 1. The zero-order valence-electron chi connectivity index (χ0n) is 24.8. The number of ether oxygens (including phenoxy) is 3. The molecule has 10 nitrogen and oxygen atoms in total. The molecular weight excluding hydrogens is 571 g/mol. The van der Waals surface area contributed by atoms with Gasteiger partial charge >= 0.3 is 12.3 Å². The normalized spacial score (nSPS) is 19.7. The van der Waals surface area contributed by atoms with Crippen LogP contribution in [0.25, 0.3) is 11.0 Å². The number of hydrogen-bond donors (Lipinski definition) is 1. The Morgan fingerprint density at radius 3 is 2.57 bits per heavy atom. The van der Waals surface area contributed by atoms with Crippen LogP contribution in [0.15, 0.2) is 18.5 Å². The number of alkyl halides is 3. The number of aromatic nitrogens is 2. The average Bonchev–Trinajstić information content (AvgIpc) is 3.35. The number of fused-ring (bicyclic) bond motifs is 3. The van der Waals surface area contributed by atoms with E-state index in [2.05, 4.69) is 29.5 Å². The van der Waals surface area contributed by atoms with Crippen LogP contribution in [-0.4, -0.2) is 93.4 Å². The van der Waals surface area contributed by atoms with E-state index >= 15 is 0 Å². The summed E-state index contributed by atoms with van der Waals surface area (Å²) in [6.45, 7) is 7.94. The third-order valence-corrected chi connectivity index (χ3v) is 9.52. The lowest BCUT2D eigenvalue weighted by Crippen LogP contribution is -2.52. The third-order valence-electron chi connectivity index (χ3n) is 7.82.